The zero-order valence-electron chi connectivity index (χ0n) is 10.6. The Morgan fingerprint density at radius 1 is 1.24 bits per heavy atom. The summed E-state index contributed by atoms with van der Waals surface area (Å²) in [5, 5.41) is 3.87. The highest BCUT2D eigenvalue weighted by Gasteiger charge is 2.15. The first kappa shape index (κ1) is 11.7. The van der Waals surface area contributed by atoms with E-state index in [1.165, 1.54) is 11.1 Å². The minimum Gasteiger partial charge on any atom is -0.381 e. The lowest BCUT2D eigenvalue weighted by Gasteiger charge is -2.04. The van der Waals surface area contributed by atoms with Crippen molar-refractivity contribution in [2.24, 2.45) is 0 Å². The second kappa shape index (κ2) is 4.62. The van der Waals surface area contributed by atoms with Crippen LogP contribution in [0.5, 0.6) is 0 Å². The molecule has 0 aliphatic carbocycles. The van der Waals surface area contributed by atoms with Crippen molar-refractivity contribution in [3.63, 3.8) is 0 Å². The molecule has 1 heterocycles. The summed E-state index contributed by atoms with van der Waals surface area (Å²) in [5.41, 5.74) is 10.4. The van der Waals surface area contributed by atoms with Crippen molar-refractivity contribution < 1.29 is 4.52 Å². The van der Waals surface area contributed by atoms with Gasteiger partial charge in [-0.15, -0.1) is 0 Å². The number of aryl methyl sites for hydroxylation is 2. The van der Waals surface area contributed by atoms with Crippen LogP contribution in [0.2, 0.25) is 0 Å². The average molecular weight is 230 g/mol. The Bertz CT molecular complexity index is 529. The quantitative estimate of drug-likeness (QED) is 0.878. The third-order valence-corrected chi connectivity index (χ3v) is 3.09. The Kier molecular flexibility index (Phi) is 3.18. The van der Waals surface area contributed by atoms with Gasteiger partial charge in [0.05, 0.1) is 0 Å². The molecule has 0 fully saturated rings. The lowest BCUT2D eigenvalue weighted by Crippen LogP contribution is -1.93. The Morgan fingerprint density at radius 2 is 2.00 bits per heavy atom. The molecule has 2 aromatic rings. The van der Waals surface area contributed by atoms with Crippen LogP contribution in [0.4, 0.5) is 5.82 Å². The van der Waals surface area contributed by atoms with E-state index in [1.54, 1.807) is 0 Å². The minimum atomic E-state index is 0.514. The SMILES string of the molecule is CCCc1c(N)noc1-c1ccc(C)c(C)c1. The number of nitrogens with zero attached hydrogens (tertiary/aromatic N) is 1. The first-order valence-corrected chi connectivity index (χ1v) is 5.95. The van der Waals surface area contributed by atoms with Crippen molar-refractivity contribution in [1.82, 2.24) is 5.16 Å². The van der Waals surface area contributed by atoms with Gasteiger partial charge >= 0.3 is 0 Å². The van der Waals surface area contributed by atoms with Crippen LogP contribution in [0.25, 0.3) is 11.3 Å². The van der Waals surface area contributed by atoms with E-state index in [1.807, 2.05) is 0 Å². The molecule has 0 bridgehead atoms. The Morgan fingerprint density at radius 3 is 2.65 bits per heavy atom. The molecule has 2 N–H and O–H groups in total. The molecule has 0 atom stereocenters. The van der Waals surface area contributed by atoms with Crippen molar-refractivity contribution in [1.29, 1.82) is 0 Å². The topological polar surface area (TPSA) is 52.0 Å². The van der Waals surface area contributed by atoms with Gasteiger partial charge < -0.3 is 10.3 Å². The summed E-state index contributed by atoms with van der Waals surface area (Å²) < 4.78 is 5.35. The van der Waals surface area contributed by atoms with E-state index in [4.69, 9.17) is 10.3 Å². The first-order chi connectivity index (χ1) is 8.13. The van der Waals surface area contributed by atoms with Gasteiger partial charge in [-0.1, -0.05) is 30.6 Å². The zero-order chi connectivity index (χ0) is 12.4. The van der Waals surface area contributed by atoms with Crippen LogP contribution in [0.3, 0.4) is 0 Å². The van der Waals surface area contributed by atoms with E-state index in [0.29, 0.717) is 5.82 Å². The van der Waals surface area contributed by atoms with Crippen LogP contribution in [-0.4, -0.2) is 5.16 Å². The van der Waals surface area contributed by atoms with Crippen molar-refractivity contribution >= 4 is 5.82 Å². The molecule has 0 aliphatic heterocycles. The summed E-state index contributed by atoms with van der Waals surface area (Å²) in [6.45, 7) is 6.31. The number of nitrogens with two attached hydrogens (primary N) is 1. The lowest BCUT2D eigenvalue weighted by atomic mass is 10.0. The number of hydrogen-bond acceptors (Lipinski definition) is 3. The predicted molar refractivity (Wildman–Crippen MR) is 69.8 cm³/mol. The van der Waals surface area contributed by atoms with Crippen LogP contribution in [0, 0.1) is 13.8 Å². The molecule has 0 aliphatic rings. The van der Waals surface area contributed by atoms with Gasteiger partial charge in [-0.05, 0) is 37.5 Å². The Labute approximate surface area is 102 Å². The maximum absolute atomic E-state index is 5.83. The van der Waals surface area contributed by atoms with Gasteiger partial charge in [-0.3, -0.25) is 0 Å². The van der Waals surface area contributed by atoms with Gasteiger partial charge in [-0.25, -0.2) is 0 Å². The number of benzene rings is 1. The van der Waals surface area contributed by atoms with Gasteiger partial charge in [-0.2, -0.15) is 0 Å². The smallest absolute Gasteiger partial charge is 0.172 e. The van der Waals surface area contributed by atoms with Crippen LogP contribution in [0.1, 0.15) is 30.0 Å². The summed E-state index contributed by atoms with van der Waals surface area (Å²) in [6.07, 6.45) is 1.93. The Balaban J connectivity index is 2.48. The molecule has 3 nitrogen and oxygen atoms in total. The number of hydrogen-bond donors (Lipinski definition) is 1. The fourth-order valence-electron chi connectivity index (χ4n) is 1.92. The van der Waals surface area contributed by atoms with Crippen molar-refractivity contribution in [3.05, 3.63) is 34.9 Å². The second-order valence-corrected chi connectivity index (χ2v) is 4.42. The van der Waals surface area contributed by atoms with Crippen LogP contribution < -0.4 is 5.73 Å². The van der Waals surface area contributed by atoms with Gasteiger partial charge in [0.25, 0.3) is 0 Å². The normalized spacial score (nSPS) is 10.8. The largest absolute Gasteiger partial charge is 0.381 e. The molecular weight excluding hydrogens is 212 g/mol. The molecule has 0 amide bonds. The molecule has 0 unspecified atom stereocenters. The van der Waals surface area contributed by atoms with Gasteiger partial charge in [0, 0.05) is 11.1 Å². The van der Waals surface area contributed by atoms with E-state index in [-0.39, 0.29) is 0 Å². The molecule has 90 valence electrons. The summed E-state index contributed by atoms with van der Waals surface area (Å²) >= 11 is 0. The van der Waals surface area contributed by atoms with Crippen LogP contribution in [-0.2, 0) is 6.42 Å². The van der Waals surface area contributed by atoms with Crippen LogP contribution in [0.15, 0.2) is 22.7 Å². The standard InChI is InChI=1S/C14H18N2O/c1-4-5-12-13(17-16-14(12)15)11-7-6-9(2)10(3)8-11/h6-8H,4-5H2,1-3H3,(H2,15,16). The fraction of sp³-hybridized carbons (Fsp3) is 0.357. The molecule has 1 aromatic carbocycles. The molecule has 0 radical (unpaired) electrons. The van der Waals surface area contributed by atoms with Crippen molar-refractivity contribution in [2.45, 2.75) is 33.6 Å². The molecule has 0 saturated heterocycles. The third kappa shape index (κ3) is 2.18. The molecule has 2 rings (SSSR count). The van der Waals surface area contributed by atoms with Crippen molar-refractivity contribution in [3.8, 4) is 11.3 Å². The monoisotopic (exact) mass is 230 g/mol. The fourth-order valence-corrected chi connectivity index (χ4v) is 1.92. The predicted octanol–water partition coefficient (Wildman–Crippen LogP) is 3.49. The van der Waals surface area contributed by atoms with Gasteiger partial charge in [0.2, 0.25) is 0 Å². The third-order valence-electron chi connectivity index (χ3n) is 3.09. The molecule has 17 heavy (non-hydrogen) atoms. The Hall–Kier alpha value is -1.77. The van der Waals surface area contributed by atoms with E-state index in [9.17, 15) is 0 Å². The molecular formula is C14H18N2O. The summed E-state index contributed by atoms with van der Waals surface area (Å²) in [4.78, 5) is 0. The second-order valence-electron chi connectivity index (χ2n) is 4.42. The highest BCUT2D eigenvalue weighted by molar-refractivity contribution is 5.67. The van der Waals surface area contributed by atoms with E-state index < -0.39 is 0 Å². The molecule has 0 spiro atoms. The number of aromatic nitrogens is 1. The van der Waals surface area contributed by atoms with Gasteiger partial charge in [0.15, 0.2) is 11.6 Å². The van der Waals surface area contributed by atoms with E-state index in [0.717, 1.165) is 29.7 Å². The van der Waals surface area contributed by atoms with Crippen LogP contribution >= 0.6 is 0 Å². The molecule has 0 saturated carbocycles. The minimum absolute atomic E-state index is 0.514. The number of nitrogen functional groups attached to an aromatic ring is 1. The maximum atomic E-state index is 5.83. The van der Waals surface area contributed by atoms with E-state index >= 15 is 0 Å². The summed E-state index contributed by atoms with van der Waals surface area (Å²) in [5.74, 6) is 1.33. The van der Waals surface area contributed by atoms with Gasteiger partial charge in [0.1, 0.15) is 0 Å². The molecule has 3 heteroatoms. The average Bonchev–Trinajstić information content (AvgIpc) is 2.66. The maximum Gasteiger partial charge on any atom is 0.172 e. The van der Waals surface area contributed by atoms with E-state index in [2.05, 4.69) is 44.1 Å². The lowest BCUT2D eigenvalue weighted by molar-refractivity contribution is 0.435. The number of rotatable bonds is 3. The molecule has 1 aromatic heterocycles. The number of anilines is 1. The van der Waals surface area contributed by atoms with Crippen molar-refractivity contribution in [2.75, 3.05) is 5.73 Å². The summed E-state index contributed by atoms with van der Waals surface area (Å²) in [7, 11) is 0. The highest BCUT2D eigenvalue weighted by atomic mass is 16.5. The summed E-state index contributed by atoms with van der Waals surface area (Å²) in [6, 6.07) is 6.27. The first-order valence-electron chi connectivity index (χ1n) is 5.95. The highest BCUT2D eigenvalue weighted by Crippen LogP contribution is 2.29. The zero-order valence-corrected chi connectivity index (χ0v) is 10.6.